The lowest BCUT2D eigenvalue weighted by molar-refractivity contribution is 0.0728. The van der Waals surface area contributed by atoms with Gasteiger partial charge in [-0.3, -0.25) is 4.79 Å². The number of carbonyl (C=O) groups is 1. The summed E-state index contributed by atoms with van der Waals surface area (Å²) in [6, 6.07) is 10.2. The maximum Gasteiger partial charge on any atom is 0.273 e. The highest BCUT2D eigenvalue weighted by atomic mass is 16.5. The third kappa shape index (κ3) is 3.97. The Morgan fingerprint density at radius 3 is 2.23 bits per heavy atom. The van der Waals surface area contributed by atoms with Crippen LogP contribution in [0.1, 0.15) is 21.6 Å². The molecule has 2 saturated heterocycles. The van der Waals surface area contributed by atoms with E-state index in [-0.39, 0.29) is 5.91 Å². The molecule has 1 aromatic heterocycles. The van der Waals surface area contributed by atoms with E-state index in [2.05, 4.69) is 28.0 Å². The van der Waals surface area contributed by atoms with Crippen molar-refractivity contribution in [3.8, 4) is 0 Å². The Kier molecular flexibility index (Phi) is 5.50. The van der Waals surface area contributed by atoms with Crippen LogP contribution in [0.5, 0.6) is 0 Å². The van der Waals surface area contributed by atoms with Gasteiger partial charge in [0.1, 0.15) is 11.5 Å². The monoisotopic (exact) mass is 409 g/mol. The van der Waals surface area contributed by atoms with Crippen LogP contribution in [-0.4, -0.2) is 79.9 Å². The Morgan fingerprint density at radius 2 is 1.50 bits per heavy atom. The summed E-state index contributed by atoms with van der Waals surface area (Å²) < 4.78 is 11.0. The Hall–Kier alpha value is -2.71. The summed E-state index contributed by atoms with van der Waals surface area (Å²) in [7, 11) is 0. The molecule has 1 amide bonds. The lowest BCUT2D eigenvalue weighted by atomic mass is 10.00. The molecule has 0 saturated carbocycles. The number of fused-ring (bicyclic) bond motifs is 1. The molecule has 3 aliphatic heterocycles. The van der Waals surface area contributed by atoms with Gasteiger partial charge < -0.3 is 24.2 Å². The van der Waals surface area contributed by atoms with E-state index < -0.39 is 0 Å². The fraction of sp³-hybridized carbons (Fsp3) is 0.500. The maximum atomic E-state index is 13.4. The van der Waals surface area contributed by atoms with Crippen LogP contribution in [0.2, 0.25) is 0 Å². The Morgan fingerprint density at radius 1 is 0.833 bits per heavy atom. The van der Waals surface area contributed by atoms with E-state index in [9.17, 15) is 4.79 Å². The number of carbonyl (C=O) groups excluding carboxylic acids is 1. The number of hydrogen-bond donors (Lipinski definition) is 0. The molecule has 0 N–H and O–H groups in total. The second-order valence-electron chi connectivity index (χ2n) is 7.86. The van der Waals surface area contributed by atoms with Crippen molar-refractivity contribution in [2.24, 2.45) is 0 Å². The van der Waals surface area contributed by atoms with E-state index in [0.717, 1.165) is 38.4 Å². The molecule has 5 rings (SSSR count). The zero-order valence-corrected chi connectivity index (χ0v) is 17.1. The zero-order valence-electron chi connectivity index (χ0n) is 17.1. The molecule has 0 spiro atoms. The van der Waals surface area contributed by atoms with E-state index in [1.54, 1.807) is 0 Å². The summed E-state index contributed by atoms with van der Waals surface area (Å²) in [5.74, 6) is 1.38. The van der Waals surface area contributed by atoms with Gasteiger partial charge in [-0.25, -0.2) is 4.98 Å². The van der Waals surface area contributed by atoms with Gasteiger partial charge in [0, 0.05) is 45.3 Å². The standard InChI is InChI=1S/C22H27N5O3/c28-21(27-6-5-17-3-1-2-4-18(17)16-27)19-15-20(25-7-11-29-12-8-25)24-22(23-19)26-9-13-30-14-10-26/h1-4,15H,5-14,16H2. The summed E-state index contributed by atoms with van der Waals surface area (Å²) in [6.07, 6.45) is 0.875. The zero-order chi connectivity index (χ0) is 20.3. The largest absolute Gasteiger partial charge is 0.378 e. The number of anilines is 2. The van der Waals surface area contributed by atoms with Crippen LogP contribution in [-0.2, 0) is 22.4 Å². The lowest BCUT2D eigenvalue weighted by Gasteiger charge is -2.32. The van der Waals surface area contributed by atoms with Crippen LogP contribution in [0.4, 0.5) is 11.8 Å². The quantitative estimate of drug-likeness (QED) is 0.758. The molecule has 0 aliphatic carbocycles. The van der Waals surface area contributed by atoms with Crippen molar-refractivity contribution in [2.45, 2.75) is 13.0 Å². The summed E-state index contributed by atoms with van der Waals surface area (Å²) in [5.41, 5.74) is 3.01. The molecular weight excluding hydrogens is 382 g/mol. The first kappa shape index (κ1) is 19.3. The van der Waals surface area contributed by atoms with Crippen LogP contribution in [0.15, 0.2) is 30.3 Å². The van der Waals surface area contributed by atoms with Gasteiger partial charge in [0.25, 0.3) is 5.91 Å². The minimum atomic E-state index is -0.0316. The van der Waals surface area contributed by atoms with E-state index in [4.69, 9.17) is 19.4 Å². The smallest absolute Gasteiger partial charge is 0.273 e. The van der Waals surface area contributed by atoms with Crippen LogP contribution < -0.4 is 9.80 Å². The van der Waals surface area contributed by atoms with Crippen molar-refractivity contribution in [3.05, 3.63) is 47.2 Å². The highest BCUT2D eigenvalue weighted by Crippen LogP contribution is 2.23. The molecule has 158 valence electrons. The molecule has 2 aromatic rings. The summed E-state index contributed by atoms with van der Waals surface area (Å²) >= 11 is 0. The Bertz CT molecular complexity index is 873. The number of ether oxygens (including phenoxy) is 2. The molecule has 1 aromatic carbocycles. The van der Waals surface area contributed by atoms with Crippen molar-refractivity contribution < 1.29 is 14.3 Å². The van der Waals surface area contributed by atoms with Gasteiger partial charge in [-0.05, 0) is 17.5 Å². The van der Waals surface area contributed by atoms with Gasteiger partial charge in [0.15, 0.2) is 0 Å². The van der Waals surface area contributed by atoms with Gasteiger partial charge >= 0.3 is 0 Å². The molecule has 4 heterocycles. The fourth-order valence-electron chi connectivity index (χ4n) is 4.22. The number of benzene rings is 1. The number of amides is 1. The summed E-state index contributed by atoms with van der Waals surface area (Å²) in [4.78, 5) is 29.1. The van der Waals surface area contributed by atoms with Crippen molar-refractivity contribution in [1.82, 2.24) is 14.9 Å². The molecule has 0 atom stereocenters. The first-order valence-corrected chi connectivity index (χ1v) is 10.7. The SMILES string of the molecule is O=C(c1cc(N2CCOCC2)nc(N2CCOCC2)n1)N1CCc2ccccc2C1. The predicted octanol–water partition coefficient (Wildman–Crippen LogP) is 1.35. The minimum absolute atomic E-state index is 0.0316. The van der Waals surface area contributed by atoms with Crippen LogP contribution >= 0.6 is 0 Å². The topological polar surface area (TPSA) is 71.0 Å². The Balaban J connectivity index is 1.44. The van der Waals surface area contributed by atoms with Gasteiger partial charge in [-0.1, -0.05) is 24.3 Å². The van der Waals surface area contributed by atoms with Gasteiger partial charge in [-0.15, -0.1) is 0 Å². The number of hydrogen-bond acceptors (Lipinski definition) is 7. The van der Waals surface area contributed by atoms with E-state index in [0.29, 0.717) is 51.2 Å². The fourth-order valence-corrected chi connectivity index (χ4v) is 4.22. The third-order valence-electron chi connectivity index (χ3n) is 5.97. The van der Waals surface area contributed by atoms with Crippen LogP contribution in [0.3, 0.4) is 0 Å². The van der Waals surface area contributed by atoms with Gasteiger partial charge in [-0.2, -0.15) is 4.98 Å². The van der Waals surface area contributed by atoms with E-state index in [1.165, 1.54) is 11.1 Å². The molecule has 2 fully saturated rings. The van der Waals surface area contributed by atoms with Crippen LogP contribution in [0, 0.1) is 0 Å². The number of rotatable bonds is 3. The van der Waals surface area contributed by atoms with Crippen molar-refractivity contribution in [2.75, 3.05) is 69.0 Å². The van der Waals surface area contributed by atoms with Crippen molar-refractivity contribution in [1.29, 1.82) is 0 Å². The first-order valence-electron chi connectivity index (χ1n) is 10.7. The molecule has 8 nitrogen and oxygen atoms in total. The highest BCUT2D eigenvalue weighted by molar-refractivity contribution is 5.93. The van der Waals surface area contributed by atoms with Crippen molar-refractivity contribution in [3.63, 3.8) is 0 Å². The normalized spacial score (nSPS) is 19.5. The second kappa shape index (κ2) is 8.57. The molecule has 0 radical (unpaired) electrons. The third-order valence-corrected chi connectivity index (χ3v) is 5.97. The molecule has 3 aliphatic rings. The van der Waals surface area contributed by atoms with Crippen molar-refractivity contribution >= 4 is 17.7 Å². The maximum absolute atomic E-state index is 13.4. The molecular formula is C22H27N5O3. The number of morpholine rings is 2. The van der Waals surface area contributed by atoms with Gasteiger partial charge in [0.05, 0.1) is 26.4 Å². The summed E-state index contributed by atoms with van der Waals surface area (Å²) in [6.45, 7) is 6.97. The minimum Gasteiger partial charge on any atom is -0.378 e. The number of aromatic nitrogens is 2. The second-order valence-corrected chi connectivity index (χ2v) is 7.86. The molecule has 30 heavy (non-hydrogen) atoms. The average Bonchev–Trinajstić information content (AvgIpc) is 2.84. The summed E-state index contributed by atoms with van der Waals surface area (Å²) in [5, 5.41) is 0. The molecule has 8 heteroatoms. The van der Waals surface area contributed by atoms with Gasteiger partial charge in [0.2, 0.25) is 5.95 Å². The average molecular weight is 409 g/mol. The first-order chi connectivity index (χ1) is 14.8. The lowest BCUT2D eigenvalue weighted by Crippen LogP contribution is -2.41. The molecule has 0 unspecified atom stereocenters. The Labute approximate surface area is 176 Å². The van der Waals surface area contributed by atoms with E-state index in [1.807, 2.05) is 17.0 Å². The van der Waals surface area contributed by atoms with Crippen LogP contribution in [0.25, 0.3) is 0 Å². The molecule has 0 bridgehead atoms. The highest BCUT2D eigenvalue weighted by Gasteiger charge is 2.26. The van der Waals surface area contributed by atoms with E-state index >= 15 is 0 Å². The number of nitrogens with zero attached hydrogens (tertiary/aromatic N) is 5. The predicted molar refractivity (Wildman–Crippen MR) is 113 cm³/mol.